The predicted molar refractivity (Wildman–Crippen MR) is 87.2 cm³/mol. The van der Waals surface area contributed by atoms with Crippen molar-refractivity contribution in [3.8, 4) is 5.75 Å². The van der Waals surface area contributed by atoms with E-state index in [0.717, 1.165) is 11.3 Å². The number of hydrogen-bond donors (Lipinski definition) is 1. The maximum atomic E-state index is 12.3. The van der Waals surface area contributed by atoms with Crippen LogP contribution in [0.4, 0.5) is 13.9 Å². The fraction of sp³-hybridized carbons (Fsp3) is 0.214. The first-order chi connectivity index (χ1) is 11.3. The summed E-state index contributed by atoms with van der Waals surface area (Å²) in [5.41, 5.74) is 1.32. The summed E-state index contributed by atoms with van der Waals surface area (Å²) in [6.45, 7) is -1.20. The molecule has 1 amide bonds. The molecule has 0 saturated heterocycles. The number of nitrogens with zero attached hydrogens (tertiary/aromatic N) is 3. The number of carbonyl (C=O) groups is 1. The lowest BCUT2D eigenvalue weighted by molar-refractivity contribution is -0.0497. The van der Waals surface area contributed by atoms with Gasteiger partial charge in [-0.15, -0.1) is 0 Å². The van der Waals surface area contributed by atoms with Crippen LogP contribution in [-0.2, 0) is 7.05 Å². The van der Waals surface area contributed by atoms with E-state index in [4.69, 9.17) is 11.6 Å². The largest absolute Gasteiger partial charge is 0.435 e. The number of ether oxygens (including phenoxy) is 1. The summed E-state index contributed by atoms with van der Waals surface area (Å²) in [6, 6.07) is 4.37. The van der Waals surface area contributed by atoms with Gasteiger partial charge < -0.3 is 4.74 Å². The van der Waals surface area contributed by atoms with Gasteiger partial charge in [-0.05, 0) is 25.1 Å². The zero-order chi connectivity index (χ0) is 17.4. The van der Waals surface area contributed by atoms with Gasteiger partial charge in [0.25, 0.3) is 5.91 Å². The van der Waals surface area contributed by atoms with Crippen LogP contribution in [0.2, 0.25) is 5.02 Å². The van der Waals surface area contributed by atoms with E-state index >= 15 is 0 Å². The van der Waals surface area contributed by atoms with Crippen LogP contribution in [0.15, 0.2) is 18.2 Å². The Labute approximate surface area is 144 Å². The molecular weight excluding hydrogens is 362 g/mol. The van der Waals surface area contributed by atoms with E-state index in [-0.39, 0.29) is 16.5 Å². The number of thiazole rings is 1. The third-order valence-corrected chi connectivity index (χ3v) is 4.56. The van der Waals surface area contributed by atoms with Crippen LogP contribution in [0.1, 0.15) is 16.2 Å². The number of rotatable bonds is 4. The van der Waals surface area contributed by atoms with E-state index in [0.29, 0.717) is 21.0 Å². The Morgan fingerprint density at radius 2 is 2.21 bits per heavy atom. The molecule has 0 fully saturated rings. The molecule has 2 aromatic heterocycles. The van der Waals surface area contributed by atoms with Crippen LogP contribution in [0.25, 0.3) is 10.2 Å². The van der Waals surface area contributed by atoms with E-state index in [1.165, 1.54) is 16.8 Å². The maximum absolute atomic E-state index is 12.3. The number of halogens is 3. The fourth-order valence-electron chi connectivity index (χ4n) is 2.17. The molecule has 0 spiro atoms. The van der Waals surface area contributed by atoms with Gasteiger partial charge in [-0.1, -0.05) is 22.9 Å². The smallest absolute Gasteiger partial charge is 0.387 e. The minimum absolute atomic E-state index is 0.0318. The molecule has 0 radical (unpaired) electrons. The summed E-state index contributed by atoms with van der Waals surface area (Å²) in [5, 5.41) is 7.30. The molecule has 6 nitrogen and oxygen atoms in total. The molecule has 10 heteroatoms. The fourth-order valence-corrected chi connectivity index (χ4v) is 3.31. The van der Waals surface area contributed by atoms with Crippen LogP contribution >= 0.6 is 22.9 Å². The highest BCUT2D eigenvalue weighted by Gasteiger charge is 2.20. The minimum Gasteiger partial charge on any atom is -0.435 e. The van der Waals surface area contributed by atoms with Gasteiger partial charge in [-0.25, -0.2) is 4.98 Å². The van der Waals surface area contributed by atoms with E-state index in [1.807, 2.05) is 0 Å². The van der Waals surface area contributed by atoms with Gasteiger partial charge in [-0.2, -0.15) is 13.9 Å². The van der Waals surface area contributed by atoms with Crippen molar-refractivity contribution >= 4 is 44.2 Å². The van der Waals surface area contributed by atoms with Gasteiger partial charge >= 0.3 is 6.61 Å². The Hall–Kier alpha value is -2.26. The van der Waals surface area contributed by atoms with E-state index in [2.05, 4.69) is 20.1 Å². The van der Waals surface area contributed by atoms with Gasteiger partial charge in [0.15, 0.2) is 5.13 Å². The highest BCUT2D eigenvalue weighted by Crippen LogP contribution is 2.30. The number of alkyl halides is 2. The number of hydrogen-bond acceptors (Lipinski definition) is 5. The quantitative estimate of drug-likeness (QED) is 0.755. The van der Waals surface area contributed by atoms with Crippen molar-refractivity contribution in [2.75, 3.05) is 5.32 Å². The molecule has 0 atom stereocenters. The molecule has 0 aliphatic rings. The average molecular weight is 373 g/mol. The van der Waals surface area contributed by atoms with Crippen LogP contribution in [0, 0.1) is 6.92 Å². The molecule has 1 N–H and O–H groups in total. The zero-order valence-corrected chi connectivity index (χ0v) is 14.1. The highest BCUT2D eigenvalue weighted by atomic mass is 35.5. The summed E-state index contributed by atoms with van der Waals surface area (Å²) >= 11 is 7.21. The number of fused-ring (bicyclic) bond motifs is 1. The molecule has 1 aromatic carbocycles. The van der Waals surface area contributed by atoms with Gasteiger partial charge in [0.2, 0.25) is 0 Å². The van der Waals surface area contributed by atoms with Crippen molar-refractivity contribution in [3.05, 3.63) is 34.6 Å². The summed E-state index contributed by atoms with van der Waals surface area (Å²) in [7, 11) is 1.61. The first kappa shape index (κ1) is 16.6. The second kappa shape index (κ2) is 6.33. The number of aromatic nitrogens is 3. The Morgan fingerprint density at radius 1 is 1.46 bits per heavy atom. The van der Waals surface area contributed by atoms with Crippen molar-refractivity contribution in [2.24, 2.45) is 7.05 Å². The molecule has 0 aliphatic carbocycles. The lowest BCUT2D eigenvalue weighted by Crippen LogP contribution is -2.16. The number of anilines is 1. The van der Waals surface area contributed by atoms with Crippen LogP contribution in [0.3, 0.4) is 0 Å². The molecular formula is C14H11ClF2N4O2S. The second-order valence-electron chi connectivity index (χ2n) is 4.85. The number of carbonyl (C=O) groups excluding carboxylic acids is 1. The maximum Gasteiger partial charge on any atom is 0.387 e. The average Bonchev–Trinajstić information content (AvgIpc) is 2.98. The lowest BCUT2D eigenvalue weighted by atomic mass is 10.3. The summed E-state index contributed by atoms with van der Waals surface area (Å²) in [5.74, 6) is -0.421. The topological polar surface area (TPSA) is 69.0 Å². The van der Waals surface area contributed by atoms with Crippen molar-refractivity contribution in [2.45, 2.75) is 13.5 Å². The van der Waals surface area contributed by atoms with Crippen LogP contribution in [0.5, 0.6) is 5.75 Å². The molecule has 0 aliphatic heterocycles. The Bertz CT molecular complexity index is 925. The Kier molecular flexibility index (Phi) is 4.37. The third-order valence-electron chi connectivity index (χ3n) is 3.17. The Balaban J connectivity index is 1.86. The first-order valence-electron chi connectivity index (χ1n) is 6.71. The van der Waals surface area contributed by atoms with Gasteiger partial charge in [0.05, 0.1) is 20.9 Å². The van der Waals surface area contributed by atoms with E-state index < -0.39 is 12.5 Å². The van der Waals surface area contributed by atoms with E-state index in [1.54, 1.807) is 20.0 Å². The van der Waals surface area contributed by atoms with Crippen LogP contribution in [-0.4, -0.2) is 27.3 Å². The number of nitrogens with one attached hydrogen (secondary N) is 1. The Morgan fingerprint density at radius 3 is 2.83 bits per heavy atom. The summed E-state index contributed by atoms with van der Waals surface area (Å²) in [4.78, 5) is 16.6. The normalized spacial score (nSPS) is 11.2. The standard InChI is InChI=1S/C14H11ClF2N4O2S/c1-6-10(15)11(21(2)20-6)12(22)19-14-18-8-4-3-7(23-13(16)17)5-9(8)24-14/h3-5,13H,1-2H3,(H,18,19,22). The SMILES string of the molecule is Cc1nn(C)c(C(=O)Nc2nc3ccc(OC(F)F)cc3s2)c1Cl. The molecule has 3 rings (SSSR count). The number of benzene rings is 1. The summed E-state index contributed by atoms with van der Waals surface area (Å²) in [6.07, 6.45) is 0. The number of aryl methyl sites for hydroxylation is 2. The zero-order valence-electron chi connectivity index (χ0n) is 12.5. The highest BCUT2D eigenvalue weighted by molar-refractivity contribution is 7.22. The third kappa shape index (κ3) is 3.17. The van der Waals surface area contributed by atoms with Crippen molar-refractivity contribution in [1.29, 1.82) is 0 Å². The second-order valence-corrected chi connectivity index (χ2v) is 6.26. The molecule has 24 heavy (non-hydrogen) atoms. The van der Waals surface area contributed by atoms with E-state index in [9.17, 15) is 13.6 Å². The molecule has 126 valence electrons. The van der Waals surface area contributed by atoms with Crippen LogP contribution < -0.4 is 10.1 Å². The minimum atomic E-state index is -2.90. The van der Waals surface area contributed by atoms with Crippen molar-refractivity contribution < 1.29 is 18.3 Å². The molecule has 3 aromatic rings. The van der Waals surface area contributed by atoms with Crippen molar-refractivity contribution in [3.63, 3.8) is 0 Å². The van der Waals surface area contributed by atoms with Gasteiger partial charge in [0.1, 0.15) is 11.4 Å². The number of amides is 1. The molecule has 0 saturated carbocycles. The monoisotopic (exact) mass is 372 g/mol. The summed E-state index contributed by atoms with van der Waals surface area (Å²) < 4.78 is 30.8. The van der Waals surface area contributed by atoms with Crippen molar-refractivity contribution in [1.82, 2.24) is 14.8 Å². The van der Waals surface area contributed by atoms with Gasteiger partial charge in [-0.3, -0.25) is 14.8 Å². The lowest BCUT2D eigenvalue weighted by Gasteiger charge is -2.02. The molecule has 2 heterocycles. The molecule has 0 unspecified atom stereocenters. The predicted octanol–water partition coefficient (Wildman–Crippen LogP) is 3.85. The molecule has 0 bridgehead atoms. The first-order valence-corrected chi connectivity index (χ1v) is 7.90. The van der Waals surface area contributed by atoms with Gasteiger partial charge in [0, 0.05) is 7.05 Å².